The summed E-state index contributed by atoms with van der Waals surface area (Å²) in [7, 11) is 1.62. The molecule has 2 aromatic rings. The van der Waals surface area contributed by atoms with Crippen molar-refractivity contribution in [3.63, 3.8) is 0 Å². The van der Waals surface area contributed by atoms with E-state index in [0.717, 1.165) is 0 Å². The third-order valence-corrected chi connectivity index (χ3v) is 6.41. The van der Waals surface area contributed by atoms with E-state index in [1.165, 1.54) is 22.7 Å². The highest BCUT2D eigenvalue weighted by Gasteiger charge is 2.30. The largest absolute Gasteiger partial charge is 0.378 e. The summed E-state index contributed by atoms with van der Waals surface area (Å²) < 4.78 is 5.30. The van der Waals surface area contributed by atoms with Crippen molar-refractivity contribution in [2.24, 2.45) is 4.99 Å². The lowest BCUT2D eigenvalue weighted by Crippen LogP contribution is -2.40. The molecule has 2 fully saturated rings. The van der Waals surface area contributed by atoms with Gasteiger partial charge in [0, 0.05) is 37.3 Å². The third-order valence-electron chi connectivity index (χ3n) is 5.35. The van der Waals surface area contributed by atoms with Gasteiger partial charge in [-0.3, -0.25) is 24.6 Å². The van der Waals surface area contributed by atoms with Crippen LogP contribution in [0.2, 0.25) is 0 Å². The number of nitrogens with zero attached hydrogens (tertiary/aromatic N) is 4. The van der Waals surface area contributed by atoms with Gasteiger partial charge >= 0.3 is 0 Å². The Morgan fingerprint density at radius 3 is 2.70 bits per heavy atom. The van der Waals surface area contributed by atoms with E-state index in [1.807, 2.05) is 0 Å². The highest BCUT2D eigenvalue weighted by Crippen LogP contribution is 2.34. The quantitative estimate of drug-likeness (QED) is 0.387. The van der Waals surface area contributed by atoms with Crippen molar-refractivity contribution < 1.29 is 19.2 Å². The fourth-order valence-electron chi connectivity index (χ4n) is 3.48. The molecule has 0 N–H and O–H groups in total. The van der Waals surface area contributed by atoms with Crippen LogP contribution in [-0.2, 0) is 9.53 Å². The van der Waals surface area contributed by atoms with Crippen LogP contribution in [0.25, 0.3) is 6.08 Å². The molecule has 0 unspecified atom stereocenters. The Balaban J connectivity index is 1.57. The number of aryl methyl sites for hydroxylation is 1. The average molecular weight is 467 g/mol. The van der Waals surface area contributed by atoms with Crippen molar-refractivity contribution in [1.82, 2.24) is 9.80 Å². The molecular formula is C23H22N4O5S. The SMILES string of the molecule is Cc1ccc(/C=C2/SC(=Nc3cccc(C(=O)N4CCOCC4)c3)N(C)C2=O)cc1[N+](=O)[O-]. The van der Waals surface area contributed by atoms with Crippen molar-refractivity contribution in [3.8, 4) is 0 Å². The molecule has 0 aliphatic carbocycles. The number of carbonyl (C=O) groups is 2. The first-order chi connectivity index (χ1) is 15.8. The number of ether oxygens (including phenoxy) is 1. The van der Waals surface area contributed by atoms with Crippen LogP contribution in [0.3, 0.4) is 0 Å². The summed E-state index contributed by atoms with van der Waals surface area (Å²) in [5.74, 6) is -0.326. The summed E-state index contributed by atoms with van der Waals surface area (Å²) in [5.41, 5.74) is 2.21. The van der Waals surface area contributed by atoms with E-state index in [0.29, 0.717) is 58.8 Å². The van der Waals surface area contributed by atoms with Crippen LogP contribution in [0.5, 0.6) is 0 Å². The fraction of sp³-hybridized carbons (Fsp3) is 0.261. The molecule has 33 heavy (non-hydrogen) atoms. The number of hydrogen-bond acceptors (Lipinski definition) is 7. The van der Waals surface area contributed by atoms with Crippen LogP contribution in [0.4, 0.5) is 11.4 Å². The molecule has 2 amide bonds. The summed E-state index contributed by atoms with van der Waals surface area (Å²) in [6.07, 6.45) is 1.62. The number of carbonyl (C=O) groups excluding carboxylic acids is 2. The highest BCUT2D eigenvalue weighted by molar-refractivity contribution is 8.18. The predicted octanol–water partition coefficient (Wildman–Crippen LogP) is 3.61. The Bertz CT molecular complexity index is 1190. The van der Waals surface area contributed by atoms with Crippen LogP contribution in [0.15, 0.2) is 52.4 Å². The summed E-state index contributed by atoms with van der Waals surface area (Å²) in [4.78, 5) is 44.4. The lowest BCUT2D eigenvalue weighted by Gasteiger charge is -2.26. The van der Waals surface area contributed by atoms with E-state index in [9.17, 15) is 19.7 Å². The topological polar surface area (TPSA) is 105 Å². The molecule has 0 saturated carbocycles. The molecule has 0 spiro atoms. The second-order valence-corrected chi connectivity index (χ2v) is 8.64. The minimum absolute atomic E-state index is 0.00351. The highest BCUT2D eigenvalue weighted by atomic mass is 32.2. The van der Waals surface area contributed by atoms with Gasteiger partial charge in [-0.05, 0) is 48.5 Å². The van der Waals surface area contributed by atoms with Crippen molar-refractivity contribution in [1.29, 1.82) is 0 Å². The van der Waals surface area contributed by atoms with Crippen LogP contribution >= 0.6 is 11.8 Å². The van der Waals surface area contributed by atoms with Crippen molar-refractivity contribution in [2.45, 2.75) is 6.92 Å². The lowest BCUT2D eigenvalue weighted by molar-refractivity contribution is -0.385. The van der Waals surface area contributed by atoms with Gasteiger partial charge in [-0.15, -0.1) is 0 Å². The van der Waals surface area contributed by atoms with Crippen molar-refractivity contribution in [2.75, 3.05) is 33.4 Å². The number of morpholine rings is 1. The number of thioether (sulfide) groups is 1. The third kappa shape index (κ3) is 4.96. The number of amidine groups is 1. The van der Waals surface area contributed by atoms with Crippen molar-refractivity contribution in [3.05, 3.63) is 74.2 Å². The van der Waals surface area contributed by atoms with E-state index >= 15 is 0 Å². The molecule has 170 valence electrons. The molecule has 0 aromatic heterocycles. The number of amides is 2. The van der Waals surface area contributed by atoms with Gasteiger partial charge in [-0.1, -0.05) is 18.2 Å². The molecule has 0 atom stereocenters. The van der Waals surface area contributed by atoms with Gasteiger partial charge in [0.2, 0.25) is 0 Å². The molecule has 2 saturated heterocycles. The minimum atomic E-state index is -0.439. The molecule has 4 rings (SSSR count). The van der Waals surface area contributed by atoms with Gasteiger partial charge < -0.3 is 9.64 Å². The first-order valence-electron chi connectivity index (χ1n) is 10.3. The first kappa shape index (κ1) is 22.7. The molecule has 0 radical (unpaired) electrons. The zero-order valence-corrected chi connectivity index (χ0v) is 19.0. The van der Waals surface area contributed by atoms with Crippen LogP contribution in [0.1, 0.15) is 21.5 Å². The average Bonchev–Trinajstić information content (AvgIpc) is 3.08. The standard InChI is InChI=1S/C23H22N4O5S/c1-15-6-7-16(12-19(15)27(30)31)13-20-22(29)25(2)23(33-20)24-18-5-3-4-17(14-18)21(28)26-8-10-32-11-9-26/h3-7,12-14H,8-11H2,1-2H3/b20-13+,24-23?. The van der Waals surface area contributed by atoms with E-state index in [4.69, 9.17) is 4.74 Å². The zero-order valence-electron chi connectivity index (χ0n) is 18.2. The monoisotopic (exact) mass is 466 g/mol. The van der Waals surface area contributed by atoms with E-state index in [1.54, 1.807) is 61.3 Å². The van der Waals surface area contributed by atoms with Gasteiger partial charge in [-0.2, -0.15) is 0 Å². The normalized spacial score (nSPS) is 18.9. The number of benzene rings is 2. The number of nitro groups is 1. The predicted molar refractivity (Wildman–Crippen MR) is 126 cm³/mol. The minimum Gasteiger partial charge on any atom is -0.378 e. The number of likely N-dealkylation sites (N-methyl/N-ethyl adjacent to an activating group) is 1. The fourth-order valence-corrected chi connectivity index (χ4v) is 4.47. The Hall–Kier alpha value is -3.50. The Kier molecular flexibility index (Phi) is 6.57. The second-order valence-electron chi connectivity index (χ2n) is 7.63. The maximum atomic E-state index is 12.8. The molecule has 2 aromatic carbocycles. The molecule has 2 aliphatic rings. The summed E-state index contributed by atoms with van der Waals surface area (Å²) in [6.45, 7) is 3.82. The van der Waals surface area contributed by atoms with E-state index in [-0.39, 0.29) is 17.5 Å². The second kappa shape index (κ2) is 9.55. The number of rotatable bonds is 4. The maximum Gasteiger partial charge on any atom is 0.272 e. The van der Waals surface area contributed by atoms with Crippen LogP contribution in [0, 0.1) is 17.0 Å². The molecule has 2 heterocycles. The number of nitro benzene ring substituents is 1. The Morgan fingerprint density at radius 2 is 1.97 bits per heavy atom. The molecule has 9 nitrogen and oxygen atoms in total. The molecule has 0 bridgehead atoms. The molecular weight excluding hydrogens is 444 g/mol. The van der Waals surface area contributed by atoms with Gasteiger partial charge in [-0.25, -0.2) is 4.99 Å². The first-order valence-corrected chi connectivity index (χ1v) is 11.1. The van der Waals surface area contributed by atoms with Gasteiger partial charge in [0.05, 0.1) is 28.7 Å². The maximum absolute atomic E-state index is 12.8. The smallest absolute Gasteiger partial charge is 0.272 e. The van der Waals surface area contributed by atoms with Gasteiger partial charge in [0.1, 0.15) is 0 Å². The van der Waals surface area contributed by atoms with Crippen LogP contribution in [-0.4, -0.2) is 65.1 Å². The van der Waals surface area contributed by atoms with Gasteiger partial charge in [0.15, 0.2) is 5.17 Å². The van der Waals surface area contributed by atoms with E-state index < -0.39 is 4.92 Å². The molecule has 10 heteroatoms. The van der Waals surface area contributed by atoms with E-state index in [2.05, 4.69) is 4.99 Å². The summed E-state index contributed by atoms with van der Waals surface area (Å²) in [6, 6.07) is 11.8. The summed E-state index contributed by atoms with van der Waals surface area (Å²) in [5, 5.41) is 11.7. The van der Waals surface area contributed by atoms with Gasteiger partial charge in [0.25, 0.3) is 17.5 Å². The summed E-state index contributed by atoms with van der Waals surface area (Å²) >= 11 is 1.18. The van der Waals surface area contributed by atoms with Crippen LogP contribution < -0.4 is 0 Å². The van der Waals surface area contributed by atoms with Crippen molar-refractivity contribution >= 4 is 46.2 Å². The lowest BCUT2D eigenvalue weighted by atomic mass is 10.1. The Morgan fingerprint density at radius 1 is 1.21 bits per heavy atom. The number of aliphatic imine (C=N–C) groups is 1. The zero-order chi connectivity index (χ0) is 23.5. The Labute approximate surface area is 194 Å². The molecule has 2 aliphatic heterocycles. The number of hydrogen-bond donors (Lipinski definition) is 0.